The topological polar surface area (TPSA) is 26.2 Å². The van der Waals surface area contributed by atoms with Crippen LogP contribution in [0.4, 0.5) is 0 Å². The molecule has 0 bridgehead atoms. The van der Waals surface area contributed by atoms with Gasteiger partial charge in [0.1, 0.15) is 5.75 Å². The number of nitrogens with one attached hydrogen (secondary N) is 1. The molecular formula is C16H22N2O. The summed E-state index contributed by atoms with van der Waals surface area (Å²) in [6, 6.07) is 4.99. The Kier molecular flexibility index (Phi) is 3.23. The highest BCUT2D eigenvalue weighted by Gasteiger charge is 2.20. The second kappa shape index (κ2) is 4.89. The Balaban J connectivity index is 1.94. The van der Waals surface area contributed by atoms with Gasteiger partial charge in [-0.2, -0.15) is 0 Å². The molecule has 1 heterocycles. The molecule has 0 aliphatic heterocycles. The van der Waals surface area contributed by atoms with Gasteiger partial charge in [-0.05, 0) is 49.9 Å². The van der Waals surface area contributed by atoms with Crippen molar-refractivity contribution in [2.75, 3.05) is 13.7 Å². The van der Waals surface area contributed by atoms with Gasteiger partial charge < -0.3 is 14.6 Å². The van der Waals surface area contributed by atoms with E-state index in [2.05, 4.69) is 42.2 Å². The minimum atomic E-state index is 0.783. The number of rotatable bonds is 5. The van der Waals surface area contributed by atoms with Crippen molar-refractivity contribution in [2.45, 2.75) is 32.2 Å². The highest BCUT2D eigenvalue weighted by Crippen LogP contribution is 2.32. The quantitative estimate of drug-likeness (QED) is 0.892. The van der Waals surface area contributed by atoms with Crippen molar-refractivity contribution >= 4 is 10.9 Å². The Labute approximate surface area is 114 Å². The zero-order chi connectivity index (χ0) is 13.4. The Hall–Kier alpha value is -1.48. The summed E-state index contributed by atoms with van der Waals surface area (Å²) in [5.74, 6) is 0.963. The number of hydrogen-bond acceptors (Lipinski definition) is 2. The van der Waals surface area contributed by atoms with Gasteiger partial charge in [-0.1, -0.05) is 6.07 Å². The summed E-state index contributed by atoms with van der Waals surface area (Å²) in [7, 11) is 3.84. The van der Waals surface area contributed by atoms with Crippen molar-refractivity contribution in [3.8, 4) is 5.75 Å². The summed E-state index contributed by atoms with van der Waals surface area (Å²) in [5.41, 5.74) is 3.96. The molecule has 3 heteroatoms. The van der Waals surface area contributed by atoms with Gasteiger partial charge in [-0.3, -0.25) is 0 Å². The monoisotopic (exact) mass is 258 g/mol. The highest BCUT2D eigenvalue weighted by molar-refractivity contribution is 5.92. The maximum Gasteiger partial charge on any atom is 0.143 e. The van der Waals surface area contributed by atoms with Crippen molar-refractivity contribution in [1.82, 2.24) is 9.88 Å². The van der Waals surface area contributed by atoms with E-state index in [0.29, 0.717) is 0 Å². The van der Waals surface area contributed by atoms with Crippen molar-refractivity contribution in [3.63, 3.8) is 0 Å². The molecule has 19 heavy (non-hydrogen) atoms. The third kappa shape index (κ3) is 2.35. The lowest BCUT2D eigenvalue weighted by molar-refractivity contribution is 0.418. The first-order chi connectivity index (χ1) is 9.20. The molecule has 0 saturated heterocycles. The van der Waals surface area contributed by atoms with Gasteiger partial charge in [0.15, 0.2) is 0 Å². The molecule has 3 nitrogen and oxygen atoms in total. The highest BCUT2D eigenvalue weighted by atomic mass is 16.5. The molecule has 1 aliphatic carbocycles. The molecule has 1 saturated carbocycles. The number of fused-ring (bicyclic) bond motifs is 1. The van der Waals surface area contributed by atoms with E-state index in [9.17, 15) is 0 Å². The molecule has 0 unspecified atom stereocenters. The minimum Gasteiger partial charge on any atom is -0.495 e. The molecule has 0 radical (unpaired) electrons. The number of hydrogen-bond donors (Lipinski definition) is 1. The molecule has 0 spiro atoms. The van der Waals surface area contributed by atoms with Gasteiger partial charge in [-0.25, -0.2) is 0 Å². The first-order valence-corrected chi connectivity index (χ1v) is 7.05. The second-order valence-electron chi connectivity index (χ2n) is 5.55. The van der Waals surface area contributed by atoms with Crippen LogP contribution >= 0.6 is 0 Å². The summed E-state index contributed by atoms with van der Waals surface area (Å²) in [6.07, 6.45) is 6.03. The molecular weight excluding hydrogens is 236 g/mol. The Morgan fingerprint density at radius 3 is 2.84 bits per heavy atom. The van der Waals surface area contributed by atoms with Crippen molar-refractivity contribution in [3.05, 3.63) is 29.5 Å². The molecule has 1 aromatic heterocycles. The number of nitrogens with zero attached hydrogens (tertiary/aromatic N) is 1. The van der Waals surface area contributed by atoms with Crippen LogP contribution in [0.1, 0.15) is 24.0 Å². The van der Waals surface area contributed by atoms with Crippen molar-refractivity contribution < 1.29 is 4.74 Å². The first-order valence-electron chi connectivity index (χ1n) is 7.05. The van der Waals surface area contributed by atoms with E-state index < -0.39 is 0 Å². The molecule has 0 atom stereocenters. The third-order valence-electron chi connectivity index (χ3n) is 4.00. The van der Waals surface area contributed by atoms with E-state index in [1.54, 1.807) is 7.11 Å². The average Bonchev–Trinajstić information content (AvgIpc) is 3.15. The third-order valence-corrected chi connectivity index (χ3v) is 4.00. The van der Waals surface area contributed by atoms with Gasteiger partial charge in [0.2, 0.25) is 0 Å². The number of aryl methyl sites for hydroxylation is 2. The Morgan fingerprint density at radius 2 is 2.16 bits per heavy atom. The van der Waals surface area contributed by atoms with Crippen molar-refractivity contribution in [2.24, 2.45) is 7.05 Å². The molecule has 1 aliphatic rings. The van der Waals surface area contributed by atoms with Crippen LogP contribution in [0, 0.1) is 6.92 Å². The van der Waals surface area contributed by atoms with Gasteiger partial charge >= 0.3 is 0 Å². The maximum absolute atomic E-state index is 5.49. The zero-order valence-corrected chi connectivity index (χ0v) is 12.0. The summed E-state index contributed by atoms with van der Waals surface area (Å²) >= 11 is 0. The SMILES string of the molecule is COc1ccc(C)c2c(CCNC3CC3)cn(C)c12. The average molecular weight is 258 g/mol. The predicted octanol–water partition coefficient (Wildman–Crippen LogP) is 2.79. The zero-order valence-electron chi connectivity index (χ0n) is 12.0. The van der Waals surface area contributed by atoms with E-state index in [0.717, 1.165) is 24.8 Å². The molecule has 1 N–H and O–H groups in total. The number of methoxy groups -OCH3 is 1. The smallest absolute Gasteiger partial charge is 0.143 e. The van der Waals surface area contributed by atoms with Gasteiger partial charge in [0.25, 0.3) is 0 Å². The van der Waals surface area contributed by atoms with E-state index in [1.807, 2.05) is 0 Å². The molecule has 3 rings (SSSR count). The van der Waals surface area contributed by atoms with E-state index in [-0.39, 0.29) is 0 Å². The first kappa shape index (κ1) is 12.5. The number of benzene rings is 1. The normalized spacial score (nSPS) is 15.1. The lowest BCUT2D eigenvalue weighted by Gasteiger charge is -2.07. The van der Waals surface area contributed by atoms with Crippen LogP contribution in [0.15, 0.2) is 18.3 Å². The molecule has 0 amide bonds. The largest absolute Gasteiger partial charge is 0.495 e. The molecule has 102 valence electrons. The molecule has 2 aromatic rings. The van der Waals surface area contributed by atoms with Crippen LogP contribution in [0.25, 0.3) is 10.9 Å². The maximum atomic E-state index is 5.49. The number of aromatic nitrogens is 1. The van der Waals surface area contributed by atoms with Crippen LogP contribution in [0.3, 0.4) is 0 Å². The lowest BCUT2D eigenvalue weighted by atomic mass is 10.0. The van der Waals surface area contributed by atoms with Crippen LogP contribution in [0.5, 0.6) is 5.75 Å². The minimum absolute atomic E-state index is 0.783. The molecule has 1 aromatic carbocycles. The van der Waals surface area contributed by atoms with Crippen LogP contribution in [-0.2, 0) is 13.5 Å². The fourth-order valence-electron chi connectivity index (χ4n) is 2.84. The van der Waals surface area contributed by atoms with Crippen LogP contribution < -0.4 is 10.1 Å². The second-order valence-corrected chi connectivity index (χ2v) is 5.55. The summed E-state index contributed by atoms with van der Waals surface area (Å²) in [4.78, 5) is 0. The van der Waals surface area contributed by atoms with E-state index in [4.69, 9.17) is 4.74 Å². The fraction of sp³-hybridized carbons (Fsp3) is 0.500. The Bertz CT molecular complexity index is 596. The van der Waals surface area contributed by atoms with Gasteiger partial charge in [-0.15, -0.1) is 0 Å². The summed E-state index contributed by atoms with van der Waals surface area (Å²) in [6.45, 7) is 3.25. The van der Waals surface area contributed by atoms with E-state index in [1.165, 1.54) is 34.9 Å². The number of ether oxygens (including phenoxy) is 1. The fourth-order valence-corrected chi connectivity index (χ4v) is 2.84. The molecule has 1 fully saturated rings. The van der Waals surface area contributed by atoms with E-state index >= 15 is 0 Å². The standard InChI is InChI=1S/C16H22N2O/c1-11-4-7-14(19-3)16-15(11)12(10-18(16)2)8-9-17-13-5-6-13/h4,7,10,13,17H,5-6,8-9H2,1-3H3. The van der Waals surface area contributed by atoms with Crippen LogP contribution in [-0.4, -0.2) is 24.3 Å². The Morgan fingerprint density at radius 1 is 1.37 bits per heavy atom. The lowest BCUT2D eigenvalue weighted by Crippen LogP contribution is -2.19. The van der Waals surface area contributed by atoms with Crippen LogP contribution in [0.2, 0.25) is 0 Å². The summed E-state index contributed by atoms with van der Waals surface area (Å²) < 4.78 is 7.68. The summed E-state index contributed by atoms with van der Waals surface area (Å²) in [5, 5.41) is 4.95. The van der Waals surface area contributed by atoms with Gasteiger partial charge in [0, 0.05) is 24.7 Å². The van der Waals surface area contributed by atoms with Crippen molar-refractivity contribution in [1.29, 1.82) is 0 Å². The predicted molar refractivity (Wildman–Crippen MR) is 78.9 cm³/mol. The van der Waals surface area contributed by atoms with Gasteiger partial charge in [0.05, 0.1) is 12.6 Å².